The third kappa shape index (κ3) is 2.37. The topological polar surface area (TPSA) is 30.5 Å². The number of hydrogen-bond acceptors (Lipinski definition) is 3. The maximum absolute atomic E-state index is 6.07. The number of ether oxygens (including phenoxy) is 2. The van der Waals surface area contributed by atoms with E-state index in [1.807, 2.05) is 12.1 Å². The summed E-state index contributed by atoms with van der Waals surface area (Å²) in [5.74, 6) is 2.33. The molecule has 1 N–H and O–H groups in total. The van der Waals surface area contributed by atoms with Gasteiger partial charge in [0.15, 0.2) is 0 Å². The molecule has 0 aromatic heterocycles. The van der Waals surface area contributed by atoms with E-state index in [4.69, 9.17) is 21.1 Å². The molecule has 2 heterocycles. The van der Waals surface area contributed by atoms with Gasteiger partial charge < -0.3 is 9.47 Å². The lowest BCUT2D eigenvalue weighted by atomic mass is 9.89. The van der Waals surface area contributed by atoms with E-state index in [1.165, 1.54) is 11.1 Å². The summed E-state index contributed by atoms with van der Waals surface area (Å²) in [4.78, 5) is 0. The minimum atomic E-state index is 0.380. The van der Waals surface area contributed by atoms with E-state index in [2.05, 4.69) is 29.6 Å². The maximum Gasteiger partial charge on any atom is 0.139 e. The van der Waals surface area contributed by atoms with Crippen LogP contribution in [0.2, 0.25) is 5.02 Å². The van der Waals surface area contributed by atoms with E-state index in [-0.39, 0.29) is 0 Å². The van der Waals surface area contributed by atoms with Crippen LogP contribution in [-0.4, -0.2) is 13.3 Å². The number of fused-ring (bicyclic) bond motifs is 3. The molecule has 0 fully saturated rings. The third-order valence-electron chi connectivity index (χ3n) is 4.17. The molecule has 2 aromatic rings. The fourth-order valence-corrected chi connectivity index (χ4v) is 3.19. The molecule has 108 valence electrons. The van der Waals surface area contributed by atoms with Crippen molar-refractivity contribution in [3.63, 3.8) is 0 Å². The van der Waals surface area contributed by atoms with Gasteiger partial charge in [0.2, 0.25) is 0 Å². The lowest BCUT2D eigenvalue weighted by Gasteiger charge is -2.30. The Morgan fingerprint density at radius 1 is 1.05 bits per heavy atom. The van der Waals surface area contributed by atoms with Crippen molar-refractivity contribution in [1.29, 1.82) is 0 Å². The molecule has 4 rings (SSSR count). The SMILES string of the molecule is Clc1ccc(C2COc3c(ccc4c3CNCO4)C2)cc1. The Labute approximate surface area is 128 Å². The van der Waals surface area contributed by atoms with Gasteiger partial charge in [-0.2, -0.15) is 0 Å². The van der Waals surface area contributed by atoms with Gasteiger partial charge in [0.1, 0.15) is 18.2 Å². The van der Waals surface area contributed by atoms with Gasteiger partial charge in [-0.15, -0.1) is 0 Å². The van der Waals surface area contributed by atoms with Gasteiger partial charge >= 0.3 is 0 Å². The summed E-state index contributed by atoms with van der Waals surface area (Å²) in [7, 11) is 0. The van der Waals surface area contributed by atoms with Crippen molar-refractivity contribution >= 4 is 11.6 Å². The average molecular weight is 302 g/mol. The van der Waals surface area contributed by atoms with Crippen LogP contribution < -0.4 is 14.8 Å². The molecule has 0 spiro atoms. The zero-order valence-electron chi connectivity index (χ0n) is 11.6. The minimum Gasteiger partial charge on any atom is -0.492 e. The van der Waals surface area contributed by atoms with Gasteiger partial charge in [0, 0.05) is 17.5 Å². The van der Waals surface area contributed by atoms with Crippen molar-refractivity contribution < 1.29 is 9.47 Å². The van der Waals surface area contributed by atoms with E-state index in [9.17, 15) is 0 Å². The predicted molar refractivity (Wildman–Crippen MR) is 82.2 cm³/mol. The molecule has 21 heavy (non-hydrogen) atoms. The molecule has 0 amide bonds. The van der Waals surface area contributed by atoms with Crippen molar-refractivity contribution in [2.45, 2.75) is 18.9 Å². The standard InChI is InChI=1S/C17H16ClNO2/c18-14-4-1-11(2-5-14)13-7-12-3-6-16-15(8-19-10-21-16)17(12)20-9-13/h1-6,13,19H,7-10H2. The molecule has 0 saturated carbocycles. The smallest absolute Gasteiger partial charge is 0.139 e. The molecule has 0 saturated heterocycles. The zero-order valence-corrected chi connectivity index (χ0v) is 12.3. The zero-order chi connectivity index (χ0) is 14.2. The molecule has 0 aliphatic carbocycles. The Balaban J connectivity index is 1.65. The van der Waals surface area contributed by atoms with Crippen LogP contribution in [0.4, 0.5) is 0 Å². The Morgan fingerprint density at radius 2 is 1.90 bits per heavy atom. The van der Waals surface area contributed by atoms with Crippen molar-refractivity contribution in [2.24, 2.45) is 0 Å². The van der Waals surface area contributed by atoms with Crippen molar-refractivity contribution in [2.75, 3.05) is 13.3 Å². The van der Waals surface area contributed by atoms with Gasteiger partial charge in [0.25, 0.3) is 0 Å². The quantitative estimate of drug-likeness (QED) is 0.874. The molecule has 4 heteroatoms. The Bertz CT molecular complexity index is 669. The summed E-state index contributed by atoms with van der Waals surface area (Å²) in [5, 5.41) is 3.99. The first-order valence-electron chi connectivity index (χ1n) is 7.18. The van der Waals surface area contributed by atoms with Crippen molar-refractivity contribution in [3.05, 3.63) is 58.1 Å². The van der Waals surface area contributed by atoms with Crippen LogP contribution >= 0.6 is 11.6 Å². The van der Waals surface area contributed by atoms with Gasteiger partial charge in [-0.3, -0.25) is 5.32 Å². The maximum atomic E-state index is 6.07. The number of halogens is 1. The van der Waals surface area contributed by atoms with E-state index in [0.717, 1.165) is 35.1 Å². The highest BCUT2D eigenvalue weighted by atomic mass is 35.5. The van der Waals surface area contributed by atoms with Crippen LogP contribution in [0, 0.1) is 0 Å². The first-order chi connectivity index (χ1) is 10.3. The van der Waals surface area contributed by atoms with Gasteiger partial charge in [0.05, 0.1) is 12.2 Å². The van der Waals surface area contributed by atoms with Crippen LogP contribution in [0.1, 0.15) is 22.6 Å². The lowest BCUT2D eigenvalue weighted by molar-refractivity contribution is 0.231. The van der Waals surface area contributed by atoms with Crippen LogP contribution in [0.15, 0.2) is 36.4 Å². The molecule has 0 radical (unpaired) electrons. The molecule has 3 nitrogen and oxygen atoms in total. The van der Waals surface area contributed by atoms with E-state index < -0.39 is 0 Å². The number of benzene rings is 2. The summed E-state index contributed by atoms with van der Waals surface area (Å²) in [6.45, 7) is 2.08. The molecular weight excluding hydrogens is 286 g/mol. The fourth-order valence-electron chi connectivity index (χ4n) is 3.06. The Morgan fingerprint density at radius 3 is 2.76 bits per heavy atom. The number of rotatable bonds is 1. The summed E-state index contributed by atoms with van der Waals surface area (Å²) >= 11 is 5.96. The van der Waals surface area contributed by atoms with Crippen LogP contribution in [0.5, 0.6) is 11.5 Å². The number of hydrogen-bond donors (Lipinski definition) is 1. The highest BCUT2D eigenvalue weighted by molar-refractivity contribution is 6.30. The predicted octanol–water partition coefficient (Wildman–Crippen LogP) is 3.50. The largest absolute Gasteiger partial charge is 0.492 e. The monoisotopic (exact) mass is 301 g/mol. The molecule has 2 aliphatic rings. The second-order valence-electron chi connectivity index (χ2n) is 5.51. The highest BCUT2D eigenvalue weighted by Crippen LogP contribution is 2.40. The van der Waals surface area contributed by atoms with Crippen LogP contribution in [-0.2, 0) is 13.0 Å². The van der Waals surface area contributed by atoms with Crippen LogP contribution in [0.3, 0.4) is 0 Å². The van der Waals surface area contributed by atoms with Crippen LogP contribution in [0.25, 0.3) is 0 Å². The second kappa shape index (κ2) is 5.24. The number of nitrogens with one attached hydrogen (secondary N) is 1. The highest BCUT2D eigenvalue weighted by Gasteiger charge is 2.26. The first kappa shape index (κ1) is 13.0. The summed E-state index contributed by atoms with van der Waals surface area (Å²) in [6, 6.07) is 12.2. The molecular formula is C17H16ClNO2. The minimum absolute atomic E-state index is 0.380. The third-order valence-corrected chi connectivity index (χ3v) is 4.42. The molecule has 1 atom stereocenters. The van der Waals surface area contributed by atoms with Crippen molar-refractivity contribution in [3.8, 4) is 11.5 Å². The summed E-state index contributed by atoms with van der Waals surface area (Å²) in [5.41, 5.74) is 3.68. The van der Waals surface area contributed by atoms with Gasteiger partial charge in [-0.05, 0) is 35.7 Å². The summed E-state index contributed by atoms with van der Waals surface area (Å²) in [6.07, 6.45) is 0.990. The second-order valence-corrected chi connectivity index (χ2v) is 5.95. The molecule has 0 bridgehead atoms. The Kier molecular flexibility index (Phi) is 3.24. The molecule has 2 aliphatic heterocycles. The van der Waals surface area contributed by atoms with E-state index in [0.29, 0.717) is 19.3 Å². The fraction of sp³-hybridized carbons (Fsp3) is 0.294. The molecule has 1 unspecified atom stereocenters. The van der Waals surface area contributed by atoms with Gasteiger partial charge in [-0.1, -0.05) is 29.8 Å². The van der Waals surface area contributed by atoms with E-state index >= 15 is 0 Å². The molecule has 2 aromatic carbocycles. The summed E-state index contributed by atoms with van der Waals surface area (Å²) < 4.78 is 11.7. The van der Waals surface area contributed by atoms with E-state index in [1.54, 1.807) is 0 Å². The Hall–Kier alpha value is -1.71. The lowest BCUT2D eigenvalue weighted by Crippen LogP contribution is -2.28. The normalized spacial score (nSPS) is 20.0. The first-order valence-corrected chi connectivity index (χ1v) is 7.55. The average Bonchev–Trinajstić information content (AvgIpc) is 2.55. The van der Waals surface area contributed by atoms with Gasteiger partial charge in [-0.25, -0.2) is 0 Å². The van der Waals surface area contributed by atoms with Crippen molar-refractivity contribution in [1.82, 2.24) is 5.32 Å².